The number of ether oxygens (including phenoxy) is 6. The van der Waals surface area contributed by atoms with Gasteiger partial charge in [0, 0.05) is 39.1 Å². The van der Waals surface area contributed by atoms with Crippen LogP contribution in [0.5, 0.6) is 0 Å². The molecule has 4 aliphatic carbocycles. The maximum atomic E-state index is 13.2. The Morgan fingerprint density at radius 3 is 2.36 bits per heavy atom. The zero-order valence-electron chi connectivity index (χ0n) is 26.5. The molecule has 0 spiro atoms. The maximum Gasteiger partial charge on any atom is 0.331 e. The molecule has 5 fully saturated rings. The second-order valence-electron chi connectivity index (χ2n) is 14.4. The fraction of sp³-hybridized carbons (Fsp3) is 0.848. The van der Waals surface area contributed by atoms with Crippen LogP contribution in [-0.2, 0) is 42.8 Å². The first kappa shape index (κ1) is 32.1. The normalized spacial score (nSPS) is 50.1. The number of carbonyl (C=O) groups excluding carboxylic acids is 3. The largest absolute Gasteiger partial charge is 0.458 e. The van der Waals surface area contributed by atoms with Crippen molar-refractivity contribution in [3.8, 4) is 0 Å². The summed E-state index contributed by atoms with van der Waals surface area (Å²) in [5, 5.41) is 24.8. The third-order valence-corrected chi connectivity index (χ3v) is 12.7. The molecule has 6 aliphatic rings. The van der Waals surface area contributed by atoms with Crippen LogP contribution in [0.2, 0.25) is 0 Å². The highest BCUT2D eigenvalue weighted by molar-refractivity contribution is 5.85. The Labute approximate surface area is 258 Å². The topological polar surface area (TPSA) is 147 Å². The van der Waals surface area contributed by atoms with Crippen LogP contribution in [0.25, 0.3) is 0 Å². The highest BCUT2D eigenvalue weighted by atomic mass is 16.7. The van der Waals surface area contributed by atoms with E-state index in [1.807, 2.05) is 0 Å². The number of cyclic esters (lactones) is 1. The number of esters is 2. The van der Waals surface area contributed by atoms with Crippen molar-refractivity contribution in [3.05, 3.63) is 11.6 Å². The Hall–Kier alpha value is -1.89. The molecule has 246 valence electrons. The average Bonchev–Trinajstić information content (AvgIpc) is 3.52. The third kappa shape index (κ3) is 4.63. The standard InChI is InChI=1S/C33H48O11/c1-18-26(43-19(2)35)27(39-4)28(40-5)29(42-18)44-21-6-11-31(17-34)23-7-10-30(3)22(20-14-25(36)41-16-20)9-13-33(30,38)24(23)8-12-32(31,37)15-21/h14,17-18,21-24,26-29,37-38H,6-13,15-16H2,1-5H3/t18-,21-,22-,23+,24-,26+,27+,28+,29+,30+,31-,32+,33-/m0/s1. The summed E-state index contributed by atoms with van der Waals surface area (Å²) in [7, 11) is 3.05. The van der Waals surface area contributed by atoms with Crippen molar-refractivity contribution in [2.45, 2.75) is 127 Å². The molecular weight excluding hydrogens is 572 g/mol. The molecule has 2 heterocycles. The van der Waals surface area contributed by atoms with Gasteiger partial charge in [-0.3, -0.25) is 4.79 Å². The predicted molar refractivity (Wildman–Crippen MR) is 154 cm³/mol. The van der Waals surface area contributed by atoms with Crippen LogP contribution in [0.15, 0.2) is 11.6 Å². The van der Waals surface area contributed by atoms with E-state index < -0.39 is 64.8 Å². The first-order chi connectivity index (χ1) is 20.9. The lowest BCUT2D eigenvalue weighted by Crippen LogP contribution is -2.69. The quantitative estimate of drug-likeness (QED) is 0.246. The van der Waals surface area contributed by atoms with E-state index in [1.54, 1.807) is 13.0 Å². The van der Waals surface area contributed by atoms with Gasteiger partial charge in [-0.25, -0.2) is 4.79 Å². The van der Waals surface area contributed by atoms with Gasteiger partial charge in [0.2, 0.25) is 0 Å². The Kier molecular flexibility index (Phi) is 8.32. The minimum Gasteiger partial charge on any atom is -0.458 e. The second-order valence-corrected chi connectivity index (χ2v) is 14.4. The van der Waals surface area contributed by atoms with Crippen molar-refractivity contribution in [2.24, 2.45) is 28.6 Å². The van der Waals surface area contributed by atoms with Gasteiger partial charge in [0.05, 0.1) is 28.8 Å². The van der Waals surface area contributed by atoms with Crippen molar-refractivity contribution in [3.63, 3.8) is 0 Å². The highest BCUT2D eigenvalue weighted by Gasteiger charge is 2.71. The molecule has 2 N–H and O–H groups in total. The highest BCUT2D eigenvalue weighted by Crippen LogP contribution is 2.70. The molecule has 11 heteroatoms. The number of fused-ring (bicyclic) bond motifs is 5. The summed E-state index contributed by atoms with van der Waals surface area (Å²) in [6.45, 7) is 5.55. The lowest BCUT2D eigenvalue weighted by Gasteiger charge is -2.65. The van der Waals surface area contributed by atoms with Crippen LogP contribution in [0.4, 0.5) is 0 Å². The molecular formula is C33H48O11. The van der Waals surface area contributed by atoms with E-state index in [0.29, 0.717) is 38.5 Å². The van der Waals surface area contributed by atoms with E-state index in [0.717, 1.165) is 24.7 Å². The number of methoxy groups -OCH3 is 2. The zero-order chi connectivity index (χ0) is 31.7. The molecule has 1 saturated heterocycles. The fourth-order valence-electron chi connectivity index (χ4n) is 10.6. The van der Waals surface area contributed by atoms with Crippen molar-refractivity contribution in [2.75, 3.05) is 20.8 Å². The van der Waals surface area contributed by atoms with Crippen LogP contribution in [0.3, 0.4) is 0 Å². The lowest BCUT2D eigenvalue weighted by atomic mass is 9.41. The minimum absolute atomic E-state index is 0.0556. The molecule has 0 bridgehead atoms. The maximum absolute atomic E-state index is 13.2. The van der Waals surface area contributed by atoms with Crippen molar-refractivity contribution in [1.82, 2.24) is 0 Å². The van der Waals surface area contributed by atoms with Crippen LogP contribution in [0.1, 0.15) is 78.6 Å². The second kappa shape index (κ2) is 11.4. The predicted octanol–water partition coefficient (Wildman–Crippen LogP) is 2.63. The van der Waals surface area contributed by atoms with Gasteiger partial charge in [0.25, 0.3) is 0 Å². The van der Waals surface area contributed by atoms with Crippen molar-refractivity contribution >= 4 is 18.2 Å². The molecule has 0 aromatic heterocycles. The Morgan fingerprint density at radius 1 is 1.00 bits per heavy atom. The zero-order valence-corrected chi connectivity index (χ0v) is 26.5. The molecule has 0 radical (unpaired) electrons. The number of carbonyl (C=O) groups is 3. The smallest absolute Gasteiger partial charge is 0.331 e. The molecule has 2 aliphatic heterocycles. The summed E-state index contributed by atoms with van der Waals surface area (Å²) in [5.74, 6) is -1.00. The number of rotatable bonds is 7. The monoisotopic (exact) mass is 620 g/mol. The number of hydrogen-bond acceptors (Lipinski definition) is 11. The molecule has 6 rings (SSSR count). The van der Waals surface area contributed by atoms with Crippen LogP contribution < -0.4 is 0 Å². The van der Waals surface area contributed by atoms with Gasteiger partial charge < -0.3 is 43.4 Å². The van der Waals surface area contributed by atoms with Crippen molar-refractivity contribution < 1.29 is 53.0 Å². The first-order valence-electron chi connectivity index (χ1n) is 16.2. The van der Waals surface area contributed by atoms with E-state index >= 15 is 0 Å². The molecule has 0 unspecified atom stereocenters. The number of aliphatic hydroxyl groups is 2. The van der Waals surface area contributed by atoms with Gasteiger partial charge in [-0.05, 0) is 81.6 Å². The first-order valence-corrected chi connectivity index (χ1v) is 16.2. The molecule has 0 aromatic rings. The van der Waals surface area contributed by atoms with E-state index in [-0.39, 0.29) is 36.8 Å². The van der Waals surface area contributed by atoms with E-state index in [2.05, 4.69) is 6.92 Å². The van der Waals surface area contributed by atoms with Gasteiger partial charge in [0.1, 0.15) is 25.1 Å². The minimum atomic E-state index is -1.29. The summed E-state index contributed by atoms with van der Waals surface area (Å²) in [4.78, 5) is 36.8. The van der Waals surface area contributed by atoms with Gasteiger partial charge in [-0.2, -0.15) is 0 Å². The Bertz CT molecular complexity index is 1190. The van der Waals surface area contributed by atoms with E-state index in [9.17, 15) is 24.6 Å². The van der Waals surface area contributed by atoms with Gasteiger partial charge in [-0.1, -0.05) is 6.92 Å². The summed E-state index contributed by atoms with van der Waals surface area (Å²) in [5.41, 5.74) is -2.75. The van der Waals surface area contributed by atoms with Gasteiger partial charge in [0.15, 0.2) is 12.4 Å². The molecule has 44 heavy (non-hydrogen) atoms. The van der Waals surface area contributed by atoms with Crippen LogP contribution in [0, 0.1) is 28.6 Å². The molecule has 4 saturated carbocycles. The van der Waals surface area contributed by atoms with Gasteiger partial charge in [-0.15, -0.1) is 0 Å². The average molecular weight is 621 g/mol. The summed E-state index contributed by atoms with van der Waals surface area (Å²) < 4.78 is 34.7. The lowest BCUT2D eigenvalue weighted by molar-refractivity contribution is -0.324. The van der Waals surface area contributed by atoms with E-state index in [1.165, 1.54) is 21.1 Å². The van der Waals surface area contributed by atoms with Crippen LogP contribution >= 0.6 is 0 Å². The van der Waals surface area contributed by atoms with Gasteiger partial charge >= 0.3 is 11.9 Å². The molecule has 13 atom stereocenters. The summed E-state index contributed by atoms with van der Waals surface area (Å²) in [6, 6.07) is 0. The fourth-order valence-corrected chi connectivity index (χ4v) is 10.6. The summed E-state index contributed by atoms with van der Waals surface area (Å²) >= 11 is 0. The number of aldehydes is 1. The number of hydrogen-bond donors (Lipinski definition) is 2. The third-order valence-electron chi connectivity index (χ3n) is 12.7. The molecule has 0 aromatic carbocycles. The Balaban J connectivity index is 1.20. The molecule has 0 amide bonds. The van der Waals surface area contributed by atoms with E-state index in [4.69, 9.17) is 28.4 Å². The summed E-state index contributed by atoms with van der Waals surface area (Å²) in [6.07, 6.45) is 3.86. The Morgan fingerprint density at radius 2 is 1.73 bits per heavy atom. The SMILES string of the molecule is CO[C@H]1[C@@H](OC)[C@@H](O[C@H]2CC[C@]3(C=O)[C@@H]4CC[C@]5(C)[C@H](C6=CC(=O)OC6)CC[C@]5(O)[C@H]4CC[C@@]3(O)C2)O[C@@H](C)[C@H]1OC(C)=O. The molecule has 11 nitrogen and oxygen atoms in total. The van der Waals surface area contributed by atoms with Crippen LogP contribution in [-0.4, -0.2) is 97.3 Å². The van der Waals surface area contributed by atoms with Crippen molar-refractivity contribution in [1.29, 1.82) is 0 Å².